The van der Waals surface area contributed by atoms with Crippen LogP contribution in [0.2, 0.25) is 0 Å². The average molecular weight is 251 g/mol. The van der Waals surface area contributed by atoms with Gasteiger partial charge in [-0.25, -0.2) is 4.98 Å². The molecule has 0 bridgehead atoms. The van der Waals surface area contributed by atoms with Gasteiger partial charge >= 0.3 is 5.19 Å². The molecule has 0 saturated heterocycles. The summed E-state index contributed by atoms with van der Waals surface area (Å²) in [5.74, 6) is 0. The smallest absolute Gasteiger partial charge is 0.306 e. The Morgan fingerprint density at radius 3 is 2.94 bits per heavy atom. The minimum Gasteiger partial charge on any atom is -0.325 e. The van der Waals surface area contributed by atoms with Gasteiger partial charge in [0.25, 0.3) is 5.69 Å². The molecule has 2 aromatic rings. The van der Waals surface area contributed by atoms with Gasteiger partial charge < -0.3 is 4.84 Å². The van der Waals surface area contributed by atoms with Crippen LogP contribution in [0.4, 0.5) is 5.69 Å². The molecule has 17 heavy (non-hydrogen) atoms. The van der Waals surface area contributed by atoms with E-state index in [2.05, 4.69) is 10.1 Å². The number of thiazole rings is 1. The van der Waals surface area contributed by atoms with Crippen molar-refractivity contribution in [3.8, 4) is 5.19 Å². The molecule has 0 aliphatic carbocycles. The maximum Gasteiger partial charge on any atom is 0.306 e. The first-order chi connectivity index (χ1) is 8.06. The lowest BCUT2D eigenvalue weighted by Gasteiger charge is -1.90. The van der Waals surface area contributed by atoms with Gasteiger partial charge in [0.2, 0.25) is 0 Å². The Kier molecular flexibility index (Phi) is 3.01. The molecule has 6 nitrogen and oxygen atoms in total. The van der Waals surface area contributed by atoms with Gasteiger partial charge in [-0.15, -0.1) is 0 Å². The molecule has 0 spiro atoms. The number of non-ortho nitro benzene ring substituents is 1. The summed E-state index contributed by atoms with van der Waals surface area (Å²) in [6.07, 6.45) is 0. The van der Waals surface area contributed by atoms with Crippen molar-refractivity contribution in [3.05, 3.63) is 28.3 Å². The summed E-state index contributed by atoms with van der Waals surface area (Å²) in [4.78, 5) is 19.4. The fourth-order valence-corrected chi connectivity index (χ4v) is 1.98. The van der Waals surface area contributed by atoms with Crippen molar-refractivity contribution in [1.82, 2.24) is 4.98 Å². The van der Waals surface area contributed by atoms with Crippen molar-refractivity contribution in [2.75, 3.05) is 0 Å². The SMILES string of the molecule is CC(C)=NOc1nc2ccc([N+](=O)[O-])cc2s1. The Labute approximate surface area is 101 Å². The van der Waals surface area contributed by atoms with E-state index in [9.17, 15) is 10.1 Å². The molecule has 7 heteroatoms. The van der Waals surface area contributed by atoms with E-state index >= 15 is 0 Å². The molecule has 0 aliphatic rings. The quantitative estimate of drug-likeness (QED) is 0.477. The van der Waals surface area contributed by atoms with Crippen LogP contribution >= 0.6 is 11.3 Å². The zero-order valence-corrected chi connectivity index (χ0v) is 10.0. The molecule has 0 unspecified atom stereocenters. The number of nitro groups is 1. The van der Waals surface area contributed by atoms with E-state index in [-0.39, 0.29) is 5.69 Å². The highest BCUT2D eigenvalue weighted by atomic mass is 32.1. The van der Waals surface area contributed by atoms with Crippen molar-refractivity contribution in [1.29, 1.82) is 0 Å². The van der Waals surface area contributed by atoms with Crippen molar-refractivity contribution >= 4 is 33.0 Å². The minimum atomic E-state index is -0.436. The third kappa shape index (κ3) is 2.56. The first kappa shape index (κ1) is 11.5. The zero-order chi connectivity index (χ0) is 12.4. The largest absolute Gasteiger partial charge is 0.325 e. The van der Waals surface area contributed by atoms with Gasteiger partial charge in [-0.2, -0.15) is 0 Å². The molecule has 1 heterocycles. The summed E-state index contributed by atoms with van der Waals surface area (Å²) in [5.41, 5.74) is 1.48. The number of hydrogen-bond donors (Lipinski definition) is 0. The van der Waals surface area contributed by atoms with Crippen LogP contribution in [0.15, 0.2) is 23.4 Å². The summed E-state index contributed by atoms with van der Waals surface area (Å²) < 4.78 is 0.707. The first-order valence-electron chi connectivity index (χ1n) is 4.79. The molecular weight excluding hydrogens is 242 g/mol. The van der Waals surface area contributed by atoms with Crippen LogP contribution in [0.25, 0.3) is 10.2 Å². The fourth-order valence-electron chi connectivity index (χ4n) is 1.18. The number of hydrogen-bond acceptors (Lipinski definition) is 6. The van der Waals surface area contributed by atoms with E-state index in [1.54, 1.807) is 19.9 Å². The van der Waals surface area contributed by atoms with E-state index in [0.29, 0.717) is 15.4 Å². The third-order valence-corrected chi connectivity index (χ3v) is 2.76. The summed E-state index contributed by atoms with van der Waals surface area (Å²) in [7, 11) is 0. The number of rotatable bonds is 3. The van der Waals surface area contributed by atoms with Crippen LogP contribution in [0.3, 0.4) is 0 Å². The number of benzene rings is 1. The van der Waals surface area contributed by atoms with Crippen molar-refractivity contribution < 1.29 is 9.76 Å². The maximum absolute atomic E-state index is 10.6. The molecule has 0 fully saturated rings. The zero-order valence-electron chi connectivity index (χ0n) is 9.21. The lowest BCUT2D eigenvalue weighted by Crippen LogP contribution is -1.87. The lowest BCUT2D eigenvalue weighted by atomic mass is 10.3. The molecular formula is C10H9N3O3S. The highest BCUT2D eigenvalue weighted by molar-refractivity contribution is 7.20. The van der Waals surface area contributed by atoms with Crippen molar-refractivity contribution in [2.45, 2.75) is 13.8 Å². The van der Waals surface area contributed by atoms with Crippen molar-refractivity contribution in [3.63, 3.8) is 0 Å². The van der Waals surface area contributed by atoms with E-state index in [1.165, 1.54) is 23.5 Å². The highest BCUT2D eigenvalue weighted by Gasteiger charge is 2.10. The standard InChI is InChI=1S/C10H9N3O3S/c1-6(2)12-16-10-11-8-4-3-7(13(14)15)5-9(8)17-10/h3-5H,1-2H3. The topological polar surface area (TPSA) is 77.6 Å². The number of oxime groups is 1. The second-order valence-electron chi connectivity index (χ2n) is 3.52. The molecule has 1 aromatic heterocycles. The van der Waals surface area contributed by atoms with Gasteiger partial charge in [0.05, 0.1) is 20.9 Å². The second-order valence-corrected chi connectivity index (χ2v) is 4.51. The van der Waals surface area contributed by atoms with Crippen LogP contribution in [-0.4, -0.2) is 15.6 Å². The van der Waals surface area contributed by atoms with E-state index in [0.717, 1.165) is 5.71 Å². The van der Waals surface area contributed by atoms with E-state index < -0.39 is 4.92 Å². The monoisotopic (exact) mass is 251 g/mol. The predicted molar refractivity (Wildman–Crippen MR) is 65.7 cm³/mol. The van der Waals surface area contributed by atoms with Crippen LogP contribution in [0.1, 0.15) is 13.8 Å². The fraction of sp³-hybridized carbons (Fsp3) is 0.200. The molecule has 0 atom stereocenters. The van der Waals surface area contributed by atoms with Crippen molar-refractivity contribution in [2.24, 2.45) is 5.16 Å². The van der Waals surface area contributed by atoms with Crippen LogP contribution in [0.5, 0.6) is 5.19 Å². The molecule has 0 N–H and O–H groups in total. The third-order valence-electron chi connectivity index (χ3n) is 1.87. The molecule has 88 valence electrons. The minimum absolute atomic E-state index is 0.0443. The molecule has 0 amide bonds. The molecule has 0 radical (unpaired) electrons. The molecule has 2 rings (SSSR count). The van der Waals surface area contributed by atoms with Gasteiger partial charge in [-0.3, -0.25) is 10.1 Å². The normalized spacial score (nSPS) is 10.2. The molecule has 0 aliphatic heterocycles. The van der Waals surface area contributed by atoms with Crippen LogP contribution < -0.4 is 4.84 Å². The van der Waals surface area contributed by atoms with Gasteiger partial charge in [-0.1, -0.05) is 16.5 Å². The van der Waals surface area contributed by atoms with Gasteiger partial charge in [-0.05, 0) is 19.9 Å². The Morgan fingerprint density at radius 1 is 1.53 bits per heavy atom. The highest BCUT2D eigenvalue weighted by Crippen LogP contribution is 2.30. The number of nitro benzene ring substituents is 1. The summed E-state index contributed by atoms with van der Waals surface area (Å²) in [6, 6.07) is 4.49. The molecule has 1 aromatic carbocycles. The van der Waals surface area contributed by atoms with Crippen LogP contribution in [0, 0.1) is 10.1 Å². The number of fused-ring (bicyclic) bond motifs is 1. The summed E-state index contributed by atoms with van der Waals surface area (Å²) >= 11 is 1.23. The first-order valence-corrected chi connectivity index (χ1v) is 5.61. The second kappa shape index (κ2) is 4.46. The Morgan fingerprint density at radius 2 is 2.29 bits per heavy atom. The Bertz CT molecular complexity index is 602. The van der Waals surface area contributed by atoms with Gasteiger partial charge in [0.15, 0.2) is 0 Å². The Hall–Kier alpha value is -2.02. The van der Waals surface area contributed by atoms with E-state index in [4.69, 9.17) is 4.84 Å². The predicted octanol–water partition coefficient (Wildman–Crippen LogP) is 2.98. The van der Waals surface area contributed by atoms with Gasteiger partial charge in [0, 0.05) is 12.1 Å². The molecule has 0 saturated carbocycles. The number of nitrogens with zero attached hydrogens (tertiary/aromatic N) is 3. The summed E-state index contributed by atoms with van der Waals surface area (Å²) in [5, 5.41) is 14.8. The number of aromatic nitrogens is 1. The maximum atomic E-state index is 10.6. The lowest BCUT2D eigenvalue weighted by molar-refractivity contribution is -0.384. The van der Waals surface area contributed by atoms with E-state index in [1.807, 2.05) is 0 Å². The Balaban J connectivity index is 2.37. The van der Waals surface area contributed by atoms with Gasteiger partial charge in [0.1, 0.15) is 0 Å². The van der Waals surface area contributed by atoms with Crippen LogP contribution in [-0.2, 0) is 0 Å². The summed E-state index contributed by atoms with van der Waals surface area (Å²) in [6.45, 7) is 3.61. The average Bonchev–Trinajstić information content (AvgIpc) is 2.67.